The van der Waals surface area contributed by atoms with Crippen LogP contribution in [0.4, 0.5) is 0 Å². The topological polar surface area (TPSA) is 237 Å². The first-order valence-electron chi connectivity index (χ1n) is 43.6. The Bertz CT molecular complexity index is 1960. The second-order valence-corrected chi connectivity index (χ2v) is 33.6. The van der Waals surface area contributed by atoms with Crippen LogP contribution in [-0.2, 0) is 65.4 Å². The summed E-state index contributed by atoms with van der Waals surface area (Å²) >= 11 is 0. The van der Waals surface area contributed by atoms with Crippen LogP contribution < -0.4 is 0 Å². The first-order chi connectivity index (χ1) is 50.0. The Morgan fingerprint density at radius 3 is 0.660 bits per heavy atom. The number of aliphatic hydroxyl groups excluding tert-OH is 1. The van der Waals surface area contributed by atoms with Gasteiger partial charge in [0.15, 0.2) is 12.2 Å². The van der Waals surface area contributed by atoms with E-state index in [1.54, 1.807) is 0 Å². The fourth-order valence-electron chi connectivity index (χ4n) is 13.1. The largest absolute Gasteiger partial charge is 0.472 e. The summed E-state index contributed by atoms with van der Waals surface area (Å²) in [5.74, 6) is -1.39. The van der Waals surface area contributed by atoms with E-state index in [1.807, 2.05) is 0 Å². The van der Waals surface area contributed by atoms with Gasteiger partial charge < -0.3 is 33.8 Å². The Balaban J connectivity index is 5.16. The molecule has 2 unspecified atom stereocenters. The van der Waals surface area contributed by atoms with E-state index in [0.717, 1.165) is 95.8 Å². The molecule has 612 valence electrons. The van der Waals surface area contributed by atoms with E-state index in [2.05, 4.69) is 34.6 Å². The predicted molar refractivity (Wildman–Crippen MR) is 423 cm³/mol. The van der Waals surface area contributed by atoms with Crippen LogP contribution in [0, 0.1) is 5.92 Å². The average Bonchev–Trinajstić information content (AvgIpc) is 0.962. The van der Waals surface area contributed by atoms with Gasteiger partial charge in [0, 0.05) is 25.7 Å². The van der Waals surface area contributed by atoms with E-state index in [4.69, 9.17) is 37.0 Å². The highest BCUT2D eigenvalue weighted by atomic mass is 31.2. The number of aliphatic hydroxyl groups is 1. The van der Waals surface area contributed by atoms with Crippen LogP contribution in [0.1, 0.15) is 452 Å². The van der Waals surface area contributed by atoms with Crippen molar-refractivity contribution in [3.05, 3.63) is 0 Å². The molecule has 0 rings (SSSR count). The number of esters is 4. The van der Waals surface area contributed by atoms with E-state index < -0.39 is 97.5 Å². The molecule has 0 bridgehead atoms. The van der Waals surface area contributed by atoms with Gasteiger partial charge in [0.25, 0.3) is 0 Å². The number of unbranched alkanes of at least 4 members (excludes halogenated alkanes) is 56. The van der Waals surface area contributed by atoms with Gasteiger partial charge in [-0.15, -0.1) is 0 Å². The summed E-state index contributed by atoms with van der Waals surface area (Å²) in [7, 11) is -9.92. The third kappa shape index (κ3) is 78.0. The molecule has 0 saturated carbocycles. The minimum atomic E-state index is -4.96. The molecule has 17 nitrogen and oxygen atoms in total. The zero-order valence-corrected chi connectivity index (χ0v) is 69.3. The van der Waals surface area contributed by atoms with Gasteiger partial charge in [-0.05, 0) is 31.6 Å². The monoisotopic (exact) mass is 1510 g/mol. The van der Waals surface area contributed by atoms with Gasteiger partial charge in [-0.2, -0.15) is 0 Å². The standard InChI is InChI=1S/C84H164O17P2/c1-6-9-12-15-18-21-23-25-27-29-31-33-35-37-39-41-43-45-48-54-59-64-69-83(88)100-79(74-95-82(87)68-63-58-53-47-44-42-40-38-36-34-32-30-28-26-24-22-19-16-13-10-7-2)75-98-102(90,91)96-71-78(85)72-97-103(92,93)99-76-80(73-94-81(86)67-62-57-52-46-20-17-14-11-8-3)101-84(89)70-65-60-55-50-49-51-56-61-66-77(4)5/h77-80,85H,6-76H2,1-5H3,(H,90,91)(H,92,93)/t78-,79-,80-/m1/s1. The number of phosphoric acid groups is 2. The van der Waals surface area contributed by atoms with Crippen LogP contribution >= 0.6 is 15.6 Å². The van der Waals surface area contributed by atoms with E-state index in [9.17, 15) is 43.2 Å². The van der Waals surface area contributed by atoms with Gasteiger partial charge in [0.05, 0.1) is 26.4 Å². The minimum absolute atomic E-state index is 0.105. The van der Waals surface area contributed by atoms with Crippen LogP contribution in [0.15, 0.2) is 0 Å². The van der Waals surface area contributed by atoms with Gasteiger partial charge in [0.1, 0.15) is 19.3 Å². The summed E-state index contributed by atoms with van der Waals surface area (Å²) < 4.78 is 68.7. The normalized spacial score (nSPS) is 13.8. The molecule has 0 aromatic rings. The number of hydrogen-bond donors (Lipinski definition) is 3. The van der Waals surface area contributed by atoms with Crippen molar-refractivity contribution < 1.29 is 80.2 Å². The molecule has 0 aromatic carbocycles. The highest BCUT2D eigenvalue weighted by Crippen LogP contribution is 2.45. The molecule has 103 heavy (non-hydrogen) atoms. The number of ether oxygens (including phenoxy) is 4. The van der Waals surface area contributed by atoms with Gasteiger partial charge in [0.2, 0.25) is 0 Å². The van der Waals surface area contributed by atoms with Crippen LogP contribution in [0.2, 0.25) is 0 Å². The zero-order valence-electron chi connectivity index (χ0n) is 67.5. The zero-order chi connectivity index (χ0) is 75.5. The minimum Gasteiger partial charge on any atom is -0.462 e. The fourth-order valence-corrected chi connectivity index (χ4v) is 14.7. The summed E-state index contributed by atoms with van der Waals surface area (Å²) in [4.78, 5) is 73.0. The molecule has 5 atom stereocenters. The summed E-state index contributed by atoms with van der Waals surface area (Å²) in [6.07, 6.45) is 69.8. The Morgan fingerprint density at radius 2 is 0.447 bits per heavy atom. The molecule has 0 aliphatic carbocycles. The number of phosphoric ester groups is 2. The SMILES string of the molecule is CCCCCCCCCCCCCCCCCCCCCCCCC(=O)O[C@H](COC(=O)CCCCCCCCCCCCCCCCCCCCCCC)COP(=O)(O)OC[C@@H](O)COP(=O)(O)OC[C@@H](COC(=O)CCCCCCCCCCC)OC(=O)CCCCCCCCCCC(C)C. The molecule has 0 aliphatic heterocycles. The first-order valence-corrected chi connectivity index (χ1v) is 46.6. The van der Waals surface area contributed by atoms with E-state index in [0.29, 0.717) is 25.7 Å². The lowest BCUT2D eigenvalue weighted by Crippen LogP contribution is -2.30. The lowest BCUT2D eigenvalue weighted by Gasteiger charge is -2.21. The summed E-state index contributed by atoms with van der Waals surface area (Å²) in [5.41, 5.74) is 0. The van der Waals surface area contributed by atoms with E-state index in [-0.39, 0.29) is 25.7 Å². The maximum Gasteiger partial charge on any atom is 0.472 e. The molecule has 0 heterocycles. The van der Waals surface area contributed by atoms with Crippen molar-refractivity contribution in [2.45, 2.75) is 470 Å². The molecule has 19 heteroatoms. The fraction of sp³-hybridized carbons (Fsp3) is 0.952. The van der Waals surface area contributed by atoms with E-state index in [1.165, 1.54) is 276 Å². The van der Waals surface area contributed by atoms with Crippen molar-refractivity contribution in [2.75, 3.05) is 39.6 Å². The van der Waals surface area contributed by atoms with Crippen molar-refractivity contribution in [3.8, 4) is 0 Å². The maximum absolute atomic E-state index is 13.1. The van der Waals surface area contributed by atoms with Crippen molar-refractivity contribution in [1.29, 1.82) is 0 Å². The summed E-state index contributed by atoms with van der Waals surface area (Å²) in [6, 6.07) is 0. The number of carbonyl (C=O) groups is 4. The van der Waals surface area contributed by atoms with Crippen molar-refractivity contribution in [3.63, 3.8) is 0 Å². The van der Waals surface area contributed by atoms with Gasteiger partial charge in [-0.1, -0.05) is 401 Å². The molecular formula is C84H164O17P2. The van der Waals surface area contributed by atoms with Crippen molar-refractivity contribution in [2.24, 2.45) is 5.92 Å². The lowest BCUT2D eigenvalue weighted by atomic mass is 10.0. The molecule has 0 saturated heterocycles. The Labute approximate surface area is 632 Å². The second-order valence-electron chi connectivity index (χ2n) is 30.7. The number of hydrogen-bond acceptors (Lipinski definition) is 15. The van der Waals surface area contributed by atoms with Crippen LogP contribution in [-0.4, -0.2) is 96.7 Å². The Kier molecular flexibility index (Phi) is 75.4. The average molecular weight is 1510 g/mol. The molecule has 0 fully saturated rings. The molecule has 0 aromatic heterocycles. The molecule has 0 spiro atoms. The molecular weight excluding hydrogens is 1340 g/mol. The molecule has 3 N–H and O–H groups in total. The highest BCUT2D eigenvalue weighted by molar-refractivity contribution is 7.47. The second kappa shape index (κ2) is 76.8. The maximum atomic E-state index is 13.1. The lowest BCUT2D eigenvalue weighted by molar-refractivity contribution is -0.161. The number of rotatable bonds is 84. The van der Waals surface area contributed by atoms with Crippen LogP contribution in [0.25, 0.3) is 0 Å². The summed E-state index contributed by atoms with van der Waals surface area (Å²) in [6.45, 7) is 7.27. The van der Waals surface area contributed by atoms with Crippen molar-refractivity contribution in [1.82, 2.24) is 0 Å². The third-order valence-electron chi connectivity index (χ3n) is 19.8. The smallest absolute Gasteiger partial charge is 0.462 e. The van der Waals surface area contributed by atoms with E-state index >= 15 is 0 Å². The van der Waals surface area contributed by atoms with Gasteiger partial charge in [-0.3, -0.25) is 37.3 Å². The summed E-state index contributed by atoms with van der Waals surface area (Å²) in [5, 5.41) is 10.6. The molecule has 0 amide bonds. The van der Waals surface area contributed by atoms with Gasteiger partial charge in [-0.25, -0.2) is 9.13 Å². The third-order valence-corrected chi connectivity index (χ3v) is 21.7. The Morgan fingerprint density at radius 1 is 0.262 bits per heavy atom. The Hall–Kier alpha value is -1.94. The quantitative estimate of drug-likeness (QED) is 0.0222. The van der Waals surface area contributed by atoms with Crippen LogP contribution in [0.5, 0.6) is 0 Å². The van der Waals surface area contributed by atoms with Crippen molar-refractivity contribution >= 4 is 39.5 Å². The van der Waals surface area contributed by atoms with Gasteiger partial charge >= 0.3 is 39.5 Å². The first kappa shape index (κ1) is 101. The van der Waals surface area contributed by atoms with Crippen LogP contribution in [0.3, 0.4) is 0 Å². The predicted octanol–water partition coefficient (Wildman–Crippen LogP) is 25.6. The highest BCUT2D eigenvalue weighted by Gasteiger charge is 2.30. The number of carbonyl (C=O) groups excluding carboxylic acids is 4. The molecule has 0 radical (unpaired) electrons. The molecule has 0 aliphatic rings.